The van der Waals surface area contributed by atoms with Crippen LogP contribution in [0.5, 0.6) is 11.5 Å². The van der Waals surface area contributed by atoms with E-state index in [9.17, 15) is 9.59 Å². The number of rotatable bonds is 8. The van der Waals surface area contributed by atoms with E-state index in [0.717, 1.165) is 5.56 Å². The lowest BCUT2D eigenvalue weighted by Gasteiger charge is -2.14. The summed E-state index contributed by atoms with van der Waals surface area (Å²) in [7, 11) is 2.90. The number of ether oxygens (including phenoxy) is 3. The lowest BCUT2D eigenvalue weighted by molar-refractivity contribution is -0.124. The van der Waals surface area contributed by atoms with Gasteiger partial charge in [-0.25, -0.2) is 4.79 Å². The number of esters is 1. The molecule has 2 aromatic carbocycles. The molecule has 0 aromatic heterocycles. The molecule has 0 aliphatic rings. The Morgan fingerprint density at radius 2 is 1.58 bits per heavy atom. The summed E-state index contributed by atoms with van der Waals surface area (Å²) in [6, 6.07) is 14.8. The van der Waals surface area contributed by atoms with Gasteiger partial charge in [0.25, 0.3) is 5.91 Å². The smallest absolute Gasteiger partial charge is 0.346 e. The van der Waals surface area contributed by atoms with Crippen molar-refractivity contribution in [3.05, 3.63) is 59.7 Å². The number of methoxy groups -OCH3 is 2. The van der Waals surface area contributed by atoms with Gasteiger partial charge in [-0.15, -0.1) is 0 Å². The SMILES string of the molecule is COc1cccc(OC)c1C(=O)OCC(=O)NC[C@@H](C)c1ccccc1. The van der Waals surface area contributed by atoms with Crippen LogP contribution >= 0.6 is 0 Å². The Labute approximate surface area is 153 Å². The lowest BCUT2D eigenvalue weighted by Crippen LogP contribution is -2.31. The minimum Gasteiger partial charge on any atom is -0.496 e. The Morgan fingerprint density at radius 1 is 0.962 bits per heavy atom. The molecule has 0 aliphatic carbocycles. The molecular weight excluding hydrogens is 334 g/mol. The Kier molecular flexibility index (Phi) is 7.02. The predicted molar refractivity (Wildman–Crippen MR) is 97.7 cm³/mol. The Morgan fingerprint density at radius 3 is 2.15 bits per heavy atom. The van der Waals surface area contributed by atoms with E-state index in [0.29, 0.717) is 18.0 Å². The number of amides is 1. The summed E-state index contributed by atoms with van der Waals surface area (Å²) in [5, 5.41) is 2.77. The molecule has 138 valence electrons. The Balaban J connectivity index is 1.88. The number of carbonyl (C=O) groups excluding carboxylic acids is 2. The van der Waals surface area contributed by atoms with E-state index in [-0.39, 0.29) is 24.0 Å². The zero-order chi connectivity index (χ0) is 18.9. The van der Waals surface area contributed by atoms with E-state index in [4.69, 9.17) is 14.2 Å². The van der Waals surface area contributed by atoms with Crippen LogP contribution in [0.25, 0.3) is 0 Å². The van der Waals surface area contributed by atoms with Crippen LogP contribution in [0.2, 0.25) is 0 Å². The van der Waals surface area contributed by atoms with Crippen molar-refractivity contribution in [2.75, 3.05) is 27.4 Å². The number of nitrogens with one attached hydrogen (secondary N) is 1. The highest BCUT2D eigenvalue weighted by atomic mass is 16.5. The normalized spacial score (nSPS) is 11.3. The van der Waals surface area contributed by atoms with E-state index in [2.05, 4.69) is 5.32 Å². The van der Waals surface area contributed by atoms with E-state index in [1.54, 1.807) is 18.2 Å². The fourth-order valence-electron chi connectivity index (χ4n) is 2.47. The molecule has 0 radical (unpaired) electrons. The first-order valence-corrected chi connectivity index (χ1v) is 8.26. The molecule has 0 saturated carbocycles. The maximum absolute atomic E-state index is 12.3. The molecule has 0 unspecified atom stereocenters. The lowest BCUT2D eigenvalue weighted by atomic mass is 10.0. The number of hydrogen-bond donors (Lipinski definition) is 1. The second-order valence-electron chi connectivity index (χ2n) is 5.73. The molecule has 6 nitrogen and oxygen atoms in total. The van der Waals surface area contributed by atoms with Crippen LogP contribution in [0, 0.1) is 0 Å². The maximum Gasteiger partial charge on any atom is 0.346 e. The highest BCUT2D eigenvalue weighted by Gasteiger charge is 2.20. The molecular formula is C20H23NO5. The standard InChI is InChI=1S/C20H23NO5/c1-14(15-8-5-4-6-9-15)12-21-18(22)13-26-20(23)19-16(24-2)10-7-11-17(19)25-3/h4-11,14H,12-13H2,1-3H3,(H,21,22)/t14-/m1/s1. The third-order valence-corrected chi connectivity index (χ3v) is 3.94. The first-order chi connectivity index (χ1) is 12.6. The molecule has 0 fully saturated rings. The maximum atomic E-state index is 12.3. The zero-order valence-corrected chi connectivity index (χ0v) is 15.2. The molecule has 2 rings (SSSR count). The summed E-state index contributed by atoms with van der Waals surface area (Å²) in [6.45, 7) is 2.10. The predicted octanol–water partition coefficient (Wildman–Crippen LogP) is 2.78. The molecule has 0 saturated heterocycles. The molecule has 0 aliphatic heterocycles. The van der Waals surface area contributed by atoms with Crippen molar-refractivity contribution in [2.24, 2.45) is 0 Å². The Hall–Kier alpha value is -3.02. The van der Waals surface area contributed by atoms with Crippen LogP contribution in [0.4, 0.5) is 0 Å². The van der Waals surface area contributed by atoms with Gasteiger partial charge in [0.2, 0.25) is 0 Å². The van der Waals surface area contributed by atoms with Crippen molar-refractivity contribution >= 4 is 11.9 Å². The van der Waals surface area contributed by atoms with Crippen LogP contribution in [0.1, 0.15) is 28.8 Å². The van der Waals surface area contributed by atoms with Gasteiger partial charge in [0.05, 0.1) is 14.2 Å². The average Bonchev–Trinajstić information content (AvgIpc) is 2.69. The minimum atomic E-state index is -0.675. The molecule has 1 atom stereocenters. The molecule has 1 amide bonds. The monoisotopic (exact) mass is 357 g/mol. The van der Waals surface area contributed by atoms with Crippen molar-refractivity contribution in [1.82, 2.24) is 5.32 Å². The molecule has 0 spiro atoms. The molecule has 6 heteroatoms. The quantitative estimate of drug-likeness (QED) is 0.736. The van der Waals surface area contributed by atoms with E-state index < -0.39 is 5.97 Å². The second-order valence-corrected chi connectivity index (χ2v) is 5.73. The molecule has 0 bridgehead atoms. The summed E-state index contributed by atoms with van der Waals surface area (Å²) in [4.78, 5) is 24.3. The fourth-order valence-corrected chi connectivity index (χ4v) is 2.47. The summed E-state index contributed by atoms with van der Waals surface area (Å²) >= 11 is 0. The number of carbonyl (C=O) groups is 2. The first kappa shape index (κ1) is 19.3. The van der Waals surface area contributed by atoms with Gasteiger partial charge in [-0.05, 0) is 23.6 Å². The van der Waals surface area contributed by atoms with E-state index >= 15 is 0 Å². The van der Waals surface area contributed by atoms with Gasteiger partial charge in [0.1, 0.15) is 17.1 Å². The highest BCUT2D eigenvalue weighted by Crippen LogP contribution is 2.28. The average molecular weight is 357 g/mol. The molecule has 26 heavy (non-hydrogen) atoms. The van der Waals surface area contributed by atoms with Gasteiger partial charge in [-0.3, -0.25) is 4.79 Å². The zero-order valence-electron chi connectivity index (χ0n) is 15.2. The summed E-state index contributed by atoms with van der Waals surface area (Å²) in [5.74, 6) is -0.231. The topological polar surface area (TPSA) is 73.9 Å². The van der Waals surface area contributed by atoms with Gasteiger partial charge in [0.15, 0.2) is 6.61 Å². The molecule has 0 heterocycles. The van der Waals surface area contributed by atoms with Crippen LogP contribution in [-0.2, 0) is 9.53 Å². The van der Waals surface area contributed by atoms with Gasteiger partial charge >= 0.3 is 5.97 Å². The Bertz CT molecular complexity index is 723. The van der Waals surface area contributed by atoms with Crippen LogP contribution < -0.4 is 14.8 Å². The van der Waals surface area contributed by atoms with Gasteiger partial charge in [-0.1, -0.05) is 43.3 Å². The van der Waals surface area contributed by atoms with Gasteiger partial charge in [-0.2, -0.15) is 0 Å². The van der Waals surface area contributed by atoms with Crippen LogP contribution in [0.15, 0.2) is 48.5 Å². The second kappa shape index (κ2) is 9.46. The number of benzene rings is 2. The van der Waals surface area contributed by atoms with Crippen molar-refractivity contribution < 1.29 is 23.8 Å². The third-order valence-electron chi connectivity index (χ3n) is 3.94. The van der Waals surface area contributed by atoms with Crippen molar-refractivity contribution in [1.29, 1.82) is 0 Å². The molecule has 2 aromatic rings. The van der Waals surface area contributed by atoms with Crippen molar-refractivity contribution in [2.45, 2.75) is 12.8 Å². The van der Waals surface area contributed by atoms with Crippen LogP contribution in [-0.4, -0.2) is 39.2 Å². The summed E-state index contributed by atoms with van der Waals surface area (Å²) in [6.07, 6.45) is 0. The first-order valence-electron chi connectivity index (χ1n) is 8.26. The van der Waals surface area contributed by atoms with Crippen LogP contribution in [0.3, 0.4) is 0 Å². The molecule has 1 N–H and O–H groups in total. The van der Waals surface area contributed by atoms with Gasteiger partial charge in [0, 0.05) is 6.54 Å². The summed E-state index contributed by atoms with van der Waals surface area (Å²) in [5.41, 5.74) is 1.28. The van der Waals surface area contributed by atoms with E-state index in [1.807, 2.05) is 37.3 Å². The highest BCUT2D eigenvalue weighted by molar-refractivity contribution is 5.96. The fraction of sp³-hybridized carbons (Fsp3) is 0.300. The summed E-state index contributed by atoms with van der Waals surface area (Å²) < 4.78 is 15.4. The van der Waals surface area contributed by atoms with Crippen molar-refractivity contribution in [3.8, 4) is 11.5 Å². The van der Waals surface area contributed by atoms with Crippen molar-refractivity contribution in [3.63, 3.8) is 0 Å². The number of hydrogen-bond acceptors (Lipinski definition) is 5. The van der Waals surface area contributed by atoms with Gasteiger partial charge < -0.3 is 19.5 Å². The largest absolute Gasteiger partial charge is 0.496 e. The third kappa shape index (κ3) is 4.99. The minimum absolute atomic E-state index is 0.156. The van der Waals surface area contributed by atoms with E-state index in [1.165, 1.54) is 14.2 Å².